The number of benzene rings is 12. The third kappa shape index (κ3) is 6.98. The van der Waals surface area contributed by atoms with Crippen LogP contribution in [-0.2, 0) is 10.8 Å². The first-order valence-corrected chi connectivity index (χ1v) is 26.5. The van der Waals surface area contributed by atoms with Gasteiger partial charge in [-0.2, -0.15) is 0 Å². The Morgan fingerprint density at radius 1 is 0.408 bits per heavy atom. The second kappa shape index (κ2) is 17.9. The Balaban J connectivity index is 0.895. The fraction of sp³-hybridized carbons (Fsp3) is 0.0676. The summed E-state index contributed by atoms with van der Waals surface area (Å²) in [6.07, 6.45) is 4.17. The van der Waals surface area contributed by atoms with Crippen LogP contribution in [0.1, 0.15) is 70.0 Å². The van der Waals surface area contributed by atoms with Gasteiger partial charge >= 0.3 is 0 Å². The molecule has 0 radical (unpaired) electrons. The van der Waals surface area contributed by atoms with Crippen molar-refractivity contribution in [3.05, 3.63) is 317 Å². The molecule has 12 aromatic rings. The van der Waals surface area contributed by atoms with E-state index in [4.69, 9.17) is 10.7 Å². The van der Waals surface area contributed by atoms with Crippen LogP contribution in [0.3, 0.4) is 0 Å². The fourth-order valence-corrected chi connectivity index (χ4v) is 13.2. The Morgan fingerprint density at radius 3 is 1.67 bits per heavy atom. The molecule has 0 bridgehead atoms. The second-order valence-electron chi connectivity index (χ2n) is 21.1. The van der Waals surface area contributed by atoms with Crippen molar-refractivity contribution in [3.8, 4) is 44.5 Å². The smallest absolute Gasteiger partial charge is 0.0959 e. The van der Waals surface area contributed by atoms with Gasteiger partial charge < -0.3 is 5.73 Å². The number of fused-ring (bicyclic) bond motifs is 10. The van der Waals surface area contributed by atoms with Crippen LogP contribution in [0.2, 0.25) is 0 Å². The molecule has 1 unspecified atom stereocenters. The van der Waals surface area contributed by atoms with Gasteiger partial charge in [0.05, 0.1) is 11.5 Å². The SMILES string of the molecule is CC1(C)c2cc(-c3ccc(-c4ccc(/C(N)=C/C(N=Cc5ccccc5)c5cccc6c5-c5ccccc5C6(c5ccccc5)c5ccccc5)c5ccccc45)c4ccccc34)ccc2-c2c1ccc1ccccc21. The normalized spacial score (nSPS) is 14.4. The Bertz CT molecular complexity index is 4280. The van der Waals surface area contributed by atoms with Crippen LogP contribution in [-0.4, -0.2) is 6.21 Å². The highest BCUT2D eigenvalue weighted by Gasteiger charge is 2.47. The number of rotatable bonds is 9. The second-order valence-corrected chi connectivity index (χ2v) is 21.1. The Morgan fingerprint density at radius 2 is 0.947 bits per heavy atom. The minimum atomic E-state index is -0.540. The van der Waals surface area contributed by atoms with Crippen LogP contribution in [0.15, 0.2) is 272 Å². The lowest BCUT2D eigenvalue weighted by atomic mass is 9.67. The van der Waals surface area contributed by atoms with Crippen molar-refractivity contribution < 1.29 is 0 Å². The lowest BCUT2D eigenvalue weighted by Gasteiger charge is -2.34. The molecule has 360 valence electrons. The monoisotopic (exact) mass is 970 g/mol. The van der Waals surface area contributed by atoms with Crippen LogP contribution >= 0.6 is 0 Å². The molecule has 0 aromatic heterocycles. The van der Waals surface area contributed by atoms with Crippen molar-refractivity contribution in [1.82, 2.24) is 0 Å². The summed E-state index contributed by atoms with van der Waals surface area (Å²) in [5.41, 5.74) is 28.3. The lowest BCUT2D eigenvalue weighted by molar-refractivity contribution is 0.661. The van der Waals surface area contributed by atoms with Gasteiger partial charge in [0.2, 0.25) is 0 Å². The van der Waals surface area contributed by atoms with Gasteiger partial charge in [0.15, 0.2) is 0 Å². The van der Waals surface area contributed by atoms with Crippen molar-refractivity contribution in [2.24, 2.45) is 10.7 Å². The summed E-state index contributed by atoms with van der Waals surface area (Å²) in [7, 11) is 0. The third-order valence-corrected chi connectivity index (χ3v) is 16.7. The van der Waals surface area contributed by atoms with Crippen LogP contribution in [0.25, 0.3) is 82.5 Å². The highest BCUT2D eigenvalue weighted by molar-refractivity contribution is 6.12. The van der Waals surface area contributed by atoms with E-state index in [9.17, 15) is 0 Å². The number of nitrogens with zero attached hydrogens (tertiary/aromatic N) is 1. The van der Waals surface area contributed by atoms with E-state index in [0.717, 1.165) is 27.5 Å². The summed E-state index contributed by atoms with van der Waals surface area (Å²) in [6, 6.07) is 94.9. The molecule has 2 aliphatic carbocycles. The van der Waals surface area contributed by atoms with Crippen molar-refractivity contribution >= 4 is 44.2 Å². The molecule has 12 aromatic carbocycles. The summed E-state index contributed by atoms with van der Waals surface area (Å²) in [5.74, 6) is 0. The van der Waals surface area contributed by atoms with Gasteiger partial charge in [-0.05, 0) is 133 Å². The predicted molar refractivity (Wildman–Crippen MR) is 320 cm³/mol. The molecule has 0 saturated heterocycles. The van der Waals surface area contributed by atoms with Gasteiger partial charge in [0.25, 0.3) is 0 Å². The Hall–Kier alpha value is -9.37. The molecule has 76 heavy (non-hydrogen) atoms. The fourth-order valence-electron chi connectivity index (χ4n) is 13.2. The molecule has 2 nitrogen and oxygen atoms in total. The summed E-state index contributed by atoms with van der Waals surface area (Å²) in [6.45, 7) is 4.75. The minimum absolute atomic E-state index is 0.130. The van der Waals surface area contributed by atoms with Crippen molar-refractivity contribution in [2.45, 2.75) is 30.7 Å². The molecule has 1 atom stereocenters. The first kappa shape index (κ1) is 45.3. The van der Waals surface area contributed by atoms with E-state index in [1.807, 2.05) is 12.3 Å². The van der Waals surface area contributed by atoms with Gasteiger partial charge in [0.1, 0.15) is 0 Å². The molecule has 0 spiro atoms. The maximum absolute atomic E-state index is 7.51. The zero-order valence-electron chi connectivity index (χ0n) is 42.6. The molecule has 14 rings (SSSR count). The van der Waals surface area contributed by atoms with Crippen molar-refractivity contribution in [3.63, 3.8) is 0 Å². The Labute approximate surface area is 444 Å². The van der Waals surface area contributed by atoms with Crippen LogP contribution < -0.4 is 5.73 Å². The summed E-state index contributed by atoms with van der Waals surface area (Å²) >= 11 is 0. The minimum Gasteiger partial charge on any atom is -0.398 e. The lowest BCUT2D eigenvalue weighted by Crippen LogP contribution is -2.28. The number of aliphatic imine (C=N–C) groups is 1. The predicted octanol–water partition coefficient (Wildman–Crippen LogP) is 18.3. The van der Waals surface area contributed by atoms with Crippen molar-refractivity contribution in [2.75, 3.05) is 0 Å². The number of nitrogens with two attached hydrogens (primary N) is 1. The molecule has 0 amide bonds. The summed E-state index contributed by atoms with van der Waals surface area (Å²) < 4.78 is 0. The van der Waals surface area contributed by atoms with Gasteiger partial charge in [-0.1, -0.05) is 269 Å². The Kier molecular flexibility index (Phi) is 10.7. The molecule has 2 N–H and O–H groups in total. The molecule has 2 aliphatic rings. The van der Waals surface area contributed by atoms with Crippen LogP contribution in [0.4, 0.5) is 0 Å². The van der Waals surface area contributed by atoms with E-state index in [-0.39, 0.29) is 5.41 Å². The van der Waals surface area contributed by atoms with Gasteiger partial charge in [-0.15, -0.1) is 0 Å². The molecule has 2 heteroatoms. The molecule has 0 heterocycles. The van der Waals surface area contributed by atoms with E-state index >= 15 is 0 Å². The molecular formula is C74H54N2. The molecule has 0 saturated carbocycles. The van der Waals surface area contributed by atoms with Gasteiger partial charge in [-0.3, -0.25) is 4.99 Å². The van der Waals surface area contributed by atoms with Crippen molar-refractivity contribution in [1.29, 1.82) is 0 Å². The zero-order valence-corrected chi connectivity index (χ0v) is 42.6. The zero-order chi connectivity index (χ0) is 51.0. The standard InChI is InChI=1S/C74H54N2/c1-73(2)66-44-38-49-23-12-13-28-54(49)71(66)63-39-37-50(45-68(63)73)53-40-41-59(56-30-15-14-29-55(53)56)60-42-43-61(58-32-17-16-31-57(58)60)69(75)46-70(76-47-48-21-6-3-7-22-48)64-34-20-36-67-72(64)62-33-18-19-35-65(62)74(67,51-24-8-4-9-25-51)52-26-10-5-11-27-52/h3-47,70H,75H2,1-2H3/b69-46-,76-47?. The number of hydrogen-bond donors (Lipinski definition) is 1. The van der Waals surface area contributed by atoms with E-state index in [2.05, 4.69) is 275 Å². The molecule has 0 aliphatic heterocycles. The number of hydrogen-bond acceptors (Lipinski definition) is 2. The maximum atomic E-state index is 7.51. The average Bonchev–Trinajstić information content (AvgIpc) is 4.16. The maximum Gasteiger partial charge on any atom is 0.0959 e. The quantitative estimate of drug-likeness (QED) is 0.144. The highest BCUT2D eigenvalue weighted by Crippen LogP contribution is 2.58. The third-order valence-electron chi connectivity index (χ3n) is 16.7. The summed E-state index contributed by atoms with van der Waals surface area (Å²) in [4.78, 5) is 5.45. The highest BCUT2D eigenvalue weighted by atomic mass is 14.8. The average molecular weight is 971 g/mol. The molecular weight excluding hydrogens is 917 g/mol. The molecule has 0 fully saturated rings. The topological polar surface area (TPSA) is 38.4 Å². The first-order chi connectivity index (χ1) is 37.4. The van der Waals surface area contributed by atoms with Crippen LogP contribution in [0.5, 0.6) is 0 Å². The largest absolute Gasteiger partial charge is 0.398 e. The van der Waals surface area contributed by atoms with E-state index in [1.165, 1.54) is 99.4 Å². The van der Waals surface area contributed by atoms with Crippen LogP contribution in [0, 0.1) is 0 Å². The van der Waals surface area contributed by atoms with Gasteiger partial charge in [-0.25, -0.2) is 0 Å². The van der Waals surface area contributed by atoms with E-state index in [0.29, 0.717) is 5.70 Å². The first-order valence-electron chi connectivity index (χ1n) is 26.5. The van der Waals surface area contributed by atoms with E-state index < -0.39 is 11.5 Å². The summed E-state index contributed by atoms with van der Waals surface area (Å²) in [5, 5.41) is 7.28. The van der Waals surface area contributed by atoms with Gasteiger partial charge in [0, 0.05) is 22.9 Å². The van der Waals surface area contributed by atoms with E-state index in [1.54, 1.807) is 0 Å².